The van der Waals surface area contributed by atoms with Gasteiger partial charge in [0.1, 0.15) is 11.5 Å². The van der Waals surface area contributed by atoms with Gasteiger partial charge in [-0.1, -0.05) is 6.92 Å². The molecule has 0 aromatic heterocycles. The van der Waals surface area contributed by atoms with Crippen molar-refractivity contribution in [2.45, 2.75) is 19.7 Å². The van der Waals surface area contributed by atoms with Crippen LogP contribution in [0.25, 0.3) is 5.76 Å². The number of alkyl halides is 3. The first-order valence-electron chi connectivity index (χ1n) is 5.30. The van der Waals surface area contributed by atoms with Crippen LogP contribution in [0, 0.1) is 5.41 Å². The average Bonchev–Trinajstić information content (AvgIpc) is 2.27. The number of hydrogen-bond acceptors (Lipinski definition) is 3. The molecule has 0 amide bonds. The minimum absolute atomic E-state index is 0.178. The van der Waals surface area contributed by atoms with Crippen molar-refractivity contribution < 1.29 is 22.6 Å². The zero-order valence-corrected chi connectivity index (χ0v) is 11.5. The van der Waals surface area contributed by atoms with Crippen molar-refractivity contribution in [2.24, 2.45) is 0 Å². The summed E-state index contributed by atoms with van der Waals surface area (Å²) in [6.45, 7) is 1.88. The largest absolute Gasteiger partial charge is 0.573 e. The van der Waals surface area contributed by atoms with Crippen LogP contribution in [-0.4, -0.2) is 11.2 Å². The van der Waals surface area contributed by atoms with Crippen LogP contribution in [0.5, 0.6) is 5.75 Å². The summed E-state index contributed by atoms with van der Waals surface area (Å²) in [4.78, 5) is -0.178. The van der Waals surface area contributed by atoms with Gasteiger partial charge in [-0.25, -0.2) is 0 Å². The smallest absolute Gasteiger partial charge is 0.434 e. The van der Waals surface area contributed by atoms with Gasteiger partial charge in [0.2, 0.25) is 0 Å². The number of halogens is 4. The molecule has 19 heavy (non-hydrogen) atoms. The molecule has 0 heterocycles. The van der Waals surface area contributed by atoms with Crippen molar-refractivity contribution in [3.63, 3.8) is 0 Å². The monoisotopic (exact) mass is 337 g/mol. The molecule has 0 atom stereocenters. The summed E-state index contributed by atoms with van der Waals surface area (Å²) in [6.07, 6.45) is -2.33. The highest BCUT2D eigenvalue weighted by Gasteiger charge is 2.30. The first-order chi connectivity index (χ1) is 8.81. The Morgan fingerprint density at radius 1 is 1.32 bits per heavy atom. The standard InChI is InChI=1S/C12H11BrF3NO2/c1-2-3-10(18-11(13)17)8-4-6-9(7-5-8)19-12(14,15)16/h3-7,17H,2H2,1H3/b10-3+,17-11?. The lowest BCUT2D eigenvalue weighted by atomic mass is 10.1. The van der Waals surface area contributed by atoms with Crippen molar-refractivity contribution in [3.05, 3.63) is 35.9 Å². The minimum Gasteiger partial charge on any atom is -0.434 e. The Bertz CT molecular complexity index is 469. The van der Waals surface area contributed by atoms with Crippen molar-refractivity contribution in [3.8, 4) is 5.75 Å². The second-order valence-corrected chi connectivity index (χ2v) is 4.14. The van der Waals surface area contributed by atoms with Gasteiger partial charge in [0.15, 0.2) is 0 Å². The zero-order chi connectivity index (χ0) is 14.5. The van der Waals surface area contributed by atoms with E-state index in [1.54, 1.807) is 6.08 Å². The molecule has 104 valence electrons. The lowest BCUT2D eigenvalue weighted by molar-refractivity contribution is -0.274. The number of nitrogens with one attached hydrogen (secondary N) is 1. The molecule has 0 fully saturated rings. The molecule has 1 aromatic carbocycles. The van der Waals surface area contributed by atoms with Gasteiger partial charge in [0.25, 0.3) is 4.81 Å². The van der Waals surface area contributed by atoms with Gasteiger partial charge in [-0.3, -0.25) is 5.41 Å². The van der Waals surface area contributed by atoms with E-state index in [2.05, 4.69) is 20.7 Å². The Morgan fingerprint density at radius 3 is 2.32 bits per heavy atom. The van der Waals surface area contributed by atoms with E-state index >= 15 is 0 Å². The van der Waals surface area contributed by atoms with Crippen LogP contribution >= 0.6 is 15.9 Å². The van der Waals surface area contributed by atoms with Gasteiger partial charge in [-0.05, 0) is 36.8 Å². The molecule has 0 radical (unpaired) electrons. The van der Waals surface area contributed by atoms with Gasteiger partial charge >= 0.3 is 6.36 Å². The van der Waals surface area contributed by atoms with E-state index in [4.69, 9.17) is 10.1 Å². The molecule has 0 spiro atoms. The second kappa shape index (κ2) is 6.60. The Balaban J connectivity index is 2.89. The fourth-order valence-electron chi connectivity index (χ4n) is 1.32. The molecule has 1 rings (SSSR count). The summed E-state index contributed by atoms with van der Waals surface area (Å²) in [6, 6.07) is 5.23. The van der Waals surface area contributed by atoms with Crippen LogP contribution in [0.15, 0.2) is 30.3 Å². The van der Waals surface area contributed by atoms with Crippen LogP contribution in [0.1, 0.15) is 18.9 Å². The lowest BCUT2D eigenvalue weighted by Crippen LogP contribution is -2.17. The molecule has 0 saturated heterocycles. The maximum Gasteiger partial charge on any atom is 0.573 e. The normalized spacial score (nSPS) is 12.2. The predicted molar refractivity (Wildman–Crippen MR) is 69.1 cm³/mol. The highest BCUT2D eigenvalue weighted by molar-refractivity contribution is 9.18. The number of benzene rings is 1. The predicted octanol–water partition coefficient (Wildman–Crippen LogP) is 4.68. The van der Waals surface area contributed by atoms with E-state index in [0.29, 0.717) is 17.7 Å². The minimum atomic E-state index is -4.71. The highest BCUT2D eigenvalue weighted by atomic mass is 79.9. The summed E-state index contributed by atoms with van der Waals surface area (Å²) in [7, 11) is 0. The van der Waals surface area contributed by atoms with E-state index in [-0.39, 0.29) is 10.6 Å². The fourth-order valence-corrected chi connectivity index (χ4v) is 1.50. The van der Waals surface area contributed by atoms with Crippen molar-refractivity contribution in [1.82, 2.24) is 0 Å². The second-order valence-electron chi connectivity index (χ2n) is 3.42. The summed E-state index contributed by atoms with van der Waals surface area (Å²) < 4.78 is 44.9. The third-order valence-electron chi connectivity index (χ3n) is 1.96. The van der Waals surface area contributed by atoms with Crippen molar-refractivity contribution >= 4 is 26.5 Å². The summed E-state index contributed by atoms with van der Waals surface area (Å²) in [5.74, 6) is 0.0870. The van der Waals surface area contributed by atoms with E-state index in [0.717, 1.165) is 0 Å². The van der Waals surface area contributed by atoms with Crippen molar-refractivity contribution in [1.29, 1.82) is 5.41 Å². The zero-order valence-electron chi connectivity index (χ0n) is 9.92. The quantitative estimate of drug-likeness (QED) is 0.492. The fraction of sp³-hybridized carbons (Fsp3) is 0.250. The molecular weight excluding hydrogens is 327 g/mol. The van der Waals surface area contributed by atoms with Crippen LogP contribution < -0.4 is 4.74 Å². The van der Waals surface area contributed by atoms with Gasteiger partial charge in [-0.2, -0.15) is 0 Å². The van der Waals surface area contributed by atoms with E-state index in [1.165, 1.54) is 24.3 Å². The maximum absolute atomic E-state index is 12.0. The SMILES string of the molecule is CC/C=C(/OC(=N)Br)c1ccc(OC(F)(F)F)cc1. The molecule has 1 aromatic rings. The molecule has 7 heteroatoms. The molecule has 3 nitrogen and oxygen atoms in total. The van der Waals surface area contributed by atoms with Gasteiger partial charge in [0.05, 0.1) is 0 Å². The average molecular weight is 338 g/mol. The topological polar surface area (TPSA) is 42.3 Å². The molecular formula is C12H11BrF3NO2. The summed E-state index contributed by atoms with van der Waals surface area (Å²) in [5.41, 5.74) is 0.556. The lowest BCUT2D eigenvalue weighted by Gasteiger charge is -2.11. The highest BCUT2D eigenvalue weighted by Crippen LogP contribution is 2.25. The van der Waals surface area contributed by atoms with Crippen LogP contribution in [0.3, 0.4) is 0 Å². The molecule has 1 N–H and O–H groups in total. The van der Waals surface area contributed by atoms with E-state index < -0.39 is 6.36 Å². The Morgan fingerprint density at radius 2 is 1.89 bits per heavy atom. The van der Waals surface area contributed by atoms with Crippen LogP contribution in [0.2, 0.25) is 0 Å². The number of hydrogen-bond donors (Lipinski definition) is 1. The number of allylic oxidation sites excluding steroid dienone is 1. The number of ether oxygens (including phenoxy) is 2. The third-order valence-corrected chi connectivity index (χ3v) is 2.12. The Labute approximate surface area is 116 Å². The molecule has 0 aliphatic heterocycles. The first kappa shape index (κ1) is 15.6. The summed E-state index contributed by atoms with van der Waals surface area (Å²) >= 11 is 2.84. The van der Waals surface area contributed by atoms with Gasteiger partial charge < -0.3 is 9.47 Å². The van der Waals surface area contributed by atoms with E-state index in [9.17, 15) is 13.2 Å². The molecule has 0 aliphatic rings. The number of rotatable bonds is 4. The molecule has 0 aliphatic carbocycles. The van der Waals surface area contributed by atoms with Gasteiger partial charge in [0, 0.05) is 21.5 Å². The Kier molecular flexibility index (Phi) is 5.41. The Hall–Kier alpha value is -1.50. The molecule has 0 saturated carbocycles. The molecule has 0 bridgehead atoms. The molecule has 0 unspecified atom stereocenters. The van der Waals surface area contributed by atoms with Crippen LogP contribution in [-0.2, 0) is 4.74 Å². The van der Waals surface area contributed by atoms with Crippen LogP contribution in [0.4, 0.5) is 13.2 Å². The first-order valence-corrected chi connectivity index (χ1v) is 6.09. The van der Waals surface area contributed by atoms with Gasteiger partial charge in [-0.15, -0.1) is 13.2 Å². The maximum atomic E-state index is 12.0. The van der Waals surface area contributed by atoms with Crippen molar-refractivity contribution in [2.75, 3.05) is 0 Å². The summed E-state index contributed by atoms with van der Waals surface area (Å²) in [5, 5.41) is 7.19. The van der Waals surface area contributed by atoms with E-state index in [1.807, 2.05) is 6.92 Å². The third kappa shape index (κ3) is 5.78.